The van der Waals surface area contributed by atoms with E-state index in [1.807, 2.05) is 0 Å². The van der Waals surface area contributed by atoms with Crippen LogP contribution >= 0.6 is 15.9 Å². The van der Waals surface area contributed by atoms with E-state index in [1.165, 1.54) is 23.0 Å². The molecule has 76 valence electrons. The minimum Gasteiger partial charge on any atom is -0.316 e. The predicted molar refractivity (Wildman–Crippen MR) is 63.5 cm³/mol. The van der Waals surface area contributed by atoms with E-state index in [1.54, 1.807) is 0 Å². The van der Waals surface area contributed by atoms with E-state index in [0.717, 1.165) is 12.5 Å². The molecule has 0 spiro atoms. The molecule has 0 amide bonds. The molecule has 1 aliphatic rings. The third kappa shape index (κ3) is 2.01. The summed E-state index contributed by atoms with van der Waals surface area (Å²) in [6.07, 6.45) is 1.27. The monoisotopic (exact) mass is 253 g/mol. The summed E-state index contributed by atoms with van der Waals surface area (Å²) < 4.78 is 1.19. The van der Waals surface area contributed by atoms with E-state index in [9.17, 15) is 0 Å². The molecule has 1 heterocycles. The SMILES string of the molecule is CC[C@@H]1CNC[C@@H]1c1cccc(Br)c1. The first kappa shape index (κ1) is 10.2. The summed E-state index contributed by atoms with van der Waals surface area (Å²) in [6.45, 7) is 4.59. The highest BCUT2D eigenvalue weighted by atomic mass is 79.9. The first-order valence-corrected chi connectivity index (χ1v) is 6.06. The molecule has 1 fully saturated rings. The van der Waals surface area contributed by atoms with Crippen LogP contribution in [0.3, 0.4) is 0 Å². The second-order valence-electron chi connectivity index (χ2n) is 3.99. The van der Waals surface area contributed by atoms with Crippen molar-refractivity contribution in [2.24, 2.45) is 5.92 Å². The number of nitrogens with one attached hydrogen (secondary N) is 1. The van der Waals surface area contributed by atoms with Crippen LogP contribution in [0.25, 0.3) is 0 Å². The van der Waals surface area contributed by atoms with Crippen LogP contribution in [-0.2, 0) is 0 Å². The normalized spacial score (nSPS) is 26.7. The molecule has 1 aromatic carbocycles. The third-order valence-corrected chi connectivity index (χ3v) is 3.63. The molecule has 0 radical (unpaired) electrons. The molecule has 1 N–H and O–H groups in total. The fourth-order valence-electron chi connectivity index (χ4n) is 2.29. The molecule has 1 saturated heterocycles. The van der Waals surface area contributed by atoms with Gasteiger partial charge in [-0.2, -0.15) is 0 Å². The van der Waals surface area contributed by atoms with Crippen LogP contribution in [0.4, 0.5) is 0 Å². The maximum absolute atomic E-state index is 3.53. The van der Waals surface area contributed by atoms with Gasteiger partial charge in [0.15, 0.2) is 0 Å². The van der Waals surface area contributed by atoms with E-state index >= 15 is 0 Å². The zero-order valence-corrected chi connectivity index (χ0v) is 10.0. The van der Waals surface area contributed by atoms with Crippen LogP contribution < -0.4 is 5.32 Å². The van der Waals surface area contributed by atoms with Crippen LogP contribution in [0.2, 0.25) is 0 Å². The van der Waals surface area contributed by atoms with Gasteiger partial charge in [0.2, 0.25) is 0 Å². The lowest BCUT2D eigenvalue weighted by molar-refractivity contribution is 0.502. The molecule has 14 heavy (non-hydrogen) atoms. The van der Waals surface area contributed by atoms with E-state index in [-0.39, 0.29) is 0 Å². The number of hydrogen-bond acceptors (Lipinski definition) is 1. The Balaban J connectivity index is 2.21. The van der Waals surface area contributed by atoms with Gasteiger partial charge in [-0.1, -0.05) is 41.4 Å². The molecule has 2 rings (SSSR count). The molecule has 0 aromatic heterocycles. The lowest BCUT2D eigenvalue weighted by Gasteiger charge is -2.17. The third-order valence-electron chi connectivity index (χ3n) is 3.14. The molecule has 0 bridgehead atoms. The standard InChI is InChI=1S/C12H16BrN/c1-2-9-7-14-8-12(9)10-4-3-5-11(13)6-10/h3-6,9,12,14H,2,7-8H2,1H3/t9-,12+/m1/s1. The van der Waals surface area contributed by atoms with Crippen molar-refractivity contribution in [1.82, 2.24) is 5.32 Å². The fraction of sp³-hybridized carbons (Fsp3) is 0.500. The highest BCUT2D eigenvalue weighted by Crippen LogP contribution is 2.31. The van der Waals surface area contributed by atoms with Crippen LogP contribution in [0.5, 0.6) is 0 Å². The van der Waals surface area contributed by atoms with Gasteiger partial charge in [-0.15, -0.1) is 0 Å². The maximum Gasteiger partial charge on any atom is 0.0178 e. The summed E-state index contributed by atoms with van der Waals surface area (Å²) >= 11 is 3.53. The summed E-state index contributed by atoms with van der Waals surface area (Å²) in [6, 6.07) is 8.71. The van der Waals surface area contributed by atoms with Gasteiger partial charge in [-0.05, 0) is 30.2 Å². The highest BCUT2D eigenvalue weighted by molar-refractivity contribution is 9.10. The molecule has 1 nitrogen and oxygen atoms in total. The van der Waals surface area contributed by atoms with Crippen LogP contribution in [-0.4, -0.2) is 13.1 Å². The van der Waals surface area contributed by atoms with Crippen molar-refractivity contribution in [3.8, 4) is 0 Å². The smallest absolute Gasteiger partial charge is 0.0178 e. The Morgan fingerprint density at radius 3 is 3.00 bits per heavy atom. The second-order valence-corrected chi connectivity index (χ2v) is 4.90. The Kier molecular flexibility index (Phi) is 3.24. The Morgan fingerprint density at radius 1 is 1.43 bits per heavy atom. The van der Waals surface area contributed by atoms with Crippen LogP contribution in [0.15, 0.2) is 28.7 Å². The Morgan fingerprint density at radius 2 is 2.29 bits per heavy atom. The minimum atomic E-state index is 0.706. The summed E-state index contributed by atoms with van der Waals surface area (Å²) in [5.41, 5.74) is 1.47. The van der Waals surface area contributed by atoms with Crippen molar-refractivity contribution < 1.29 is 0 Å². The van der Waals surface area contributed by atoms with E-state index in [0.29, 0.717) is 5.92 Å². The average Bonchev–Trinajstić information content (AvgIpc) is 2.65. The number of hydrogen-bond donors (Lipinski definition) is 1. The lowest BCUT2D eigenvalue weighted by atomic mass is 9.87. The Hall–Kier alpha value is -0.340. The number of halogens is 1. The van der Waals surface area contributed by atoms with E-state index in [4.69, 9.17) is 0 Å². The molecule has 0 aliphatic carbocycles. The number of rotatable bonds is 2. The van der Waals surface area contributed by atoms with Gasteiger partial charge in [0, 0.05) is 16.9 Å². The summed E-state index contributed by atoms with van der Waals surface area (Å²) in [4.78, 5) is 0. The van der Waals surface area contributed by atoms with Gasteiger partial charge in [-0.3, -0.25) is 0 Å². The average molecular weight is 254 g/mol. The minimum absolute atomic E-state index is 0.706. The molecule has 2 atom stereocenters. The molecule has 0 saturated carbocycles. The van der Waals surface area contributed by atoms with E-state index in [2.05, 4.69) is 52.4 Å². The quantitative estimate of drug-likeness (QED) is 0.854. The predicted octanol–water partition coefficient (Wildman–Crippen LogP) is 3.16. The lowest BCUT2D eigenvalue weighted by Crippen LogP contribution is -2.09. The second kappa shape index (κ2) is 4.45. The first-order chi connectivity index (χ1) is 6.81. The zero-order chi connectivity index (χ0) is 9.97. The van der Waals surface area contributed by atoms with Gasteiger partial charge < -0.3 is 5.32 Å². The van der Waals surface area contributed by atoms with Crippen LogP contribution in [0, 0.1) is 5.92 Å². The number of benzene rings is 1. The molecular formula is C12H16BrN. The first-order valence-electron chi connectivity index (χ1n) is 5.27. The maximum atomic E-state index is 3.53. The van der Waals surface area contributed by atoms with Crippen molar-refractivity contribution in [2.45, 2.75) is 19.3 Å². The van der Waals surface area contributed by atoms with Crippen molar-refractivity contribution >= 4 is 15.9 Å². The van der Waals surface area contributed by atoms with Gasteiger partial charge in [0.05, 0.1) is 0 Å². The zero-order valence-electron chi connectivity index (χ0n) is 8.46. The van der Waals surface area contributed by atoms with Crippen molar-refractivity contribution in [1.29, 1.82) is 0 Å². The van der Waals surface area contributed by atoms with Gasteiger partial charge in [-0.25, -0.2) is 0 Å². The molecular weight excluding hydrogens is 238 g/mol. The fourth-order valence-corrected chi connectivity index (χ4v) is 2.71. The Labute approximate surface area is 94.0 Å². The van der Waals surface area contributed by atoms with E-state index < -0.39 is 0 Å². The largest absolute Gasteiger partial charge is 0.316 e. The molecule has 1 aliphatic heterocycles. The topological polar surface area (TPSA) is 12.0 Å². The highest BCUT2D eigenvalue weighted by Gasteiger charge is 2.26. The molecule has 0 unspecified atom stereocenters. The summed E-state index contributed by atoms with van der Waals surface area (Å²) in [5, 5.41) is 3.48. The van der Waals surface area contributed by atoms with Gasteiger partial charge in [0.1, 0.15) is 0 Å². The summed E-state index contributed by atoms with van der Waals surface area (Å²) in [7, 11) is 0. The molecule has 1 aromatic rings. The van der Waals surface area contributed by atoms with Crippen molar-refractivity contribution in [3.05, 3.63) is 34.3 Å². The van der Waals surface area contributed by atoms with Gasteiger partial charge in [0.25, 0.3) is 0 Å². The molecule has 2 heteroatoms. The van der Waals surface area contributed by atoms with Crippen molar-refractivity contribution in [2.75, 3.05) is 13.1 Å². The van der Waals surface area contributed by atoms with Gasteiger partial charge >= 0.3 is 0 Å². The van der Waals surface area contributed by atoms with Crippen LogP contribution in [0.1, 0.15) is 24.8 Å². The summed E-state index contributed by atoms with van der Waals surface area (Å²) in [5.74, 6) is 1.52. The Bertz CT molecular complexity index is 311. The van der Waals surface area contributed by atoms with Crippen molar-refractivity contribution in [3.63, 3.8) is 0 Å².